The molecular weight excluding hydrogens is 371 g/mol. The van der Waals surface area contributed by atoms with Crippen LogP contribution in [0.25, 0.3) is 0 Å². The van der Waals surface area contributed by atoms with Crippen LogP contribution in [0.5, 0.6) is 0 Å². The number of carbonyl (C=O) groups excluding carboxylic acids is 2. The zero-order chi connectivity index (χ0) is 19.1. The van der Waals surface area contributed by atoms with Gasteiger partial charge in [-0.3, -0.25) is 9.59 Å². The first kappa shape index (κ1) is 21.0. The maximum atomic E-state index is 12.9. The van der Waals surface area contributed by atoms with E-state index in [-0.39, 0.29) is 17.9 Å². The van der Waals surface area contributed by atoms with E-state index in [1.807, 2.05) is 19.9 Å². The second-order valence-electron chi connectivity index (χ2n) is 6.89. The summed E-state index contributed by atoms with van der Waals surface area (Å²) in [6.45, 7) is 4.10. The summed E-state index contributed by atoms with van der Waals surface area (Å²) in [5.74, 6) is -0.0945. The molecule has 0 unspecified atom stereocenters. The summed E-state index contributed by atoms with van der Waals surface area (Å²) in [7, 11) is 0. The van der Waals surface area contributed by atoms with Gasteiger partial charge in [0.25, 0.3) is 0 Å². The van der Waals surface area contributed by atoms with Crippen molar-refractivity contribution in [1.82, 2.24) is 10.2 Å². The van der Waals surface area contributed by atoms with Crippen molar-refractivity contribution in [1.29, 1.82) is 0 Å². The van der Waals surface area contributed by atoms with E-state index < -0.39 is 6.04 Å². The molecule has 26 heavy (non-hydrogen) atoms. The fourth-order valence-corrected chi connectivity index (χ4v) is 3.82. The van der Waals surface area contributed by atoms with Crippen molar-refractivity contribution in [2.24, 2.45) is 0 Å². The summed E-state index contributed by atoms with van der Waals surface area (Å²) >= 11 is 12.1. The van der Waals surface area contributed by atoms with Gasteiger partial charge in [0.05, 0.1) is 10.0 Å². The number of nitrogens with zero attached hydrogens (tertiary/aromatic N) is 1. The number of halogens is 2. The quantitative estimate of drug-likeness (QED) is 0.705. The van der Waals surface area contributed by atoms with Crippen LogP contribution in [0.1, 0.15) is 64.4 Å². The maximum absolute atomic E-state index is 12.9. The molecule has 2 amide bonds. The lowest BCUT2D eigenvalue weighted by atomic mass is 9.95. The molecule has 144 valence electrons. The second kappa shape index (κ2) is 10.2. The van der Waals surface area contributed by atoms with Gasteiger partial charge in [-0.15, -0.1) is 0 Å². The van der Waals surface area contributed by atoms with Gasteiger partial charge >= 0.3 is 0 Å². The van der Waals surface area contributed by atoms with Crippen LogP contribution in [0.4, 0.5) is 0 Å². The molecule has 1 atom stereocenters. The van der Waals surface area contributed by atoms with Crippen LogP contribution in [0, 0.1) is 0 Å². The molecule has 0 saturated heterocycles. The molecule has 0 radical (unpaired) electrons. The Balaban J connectivity index is 2.14. The number of hydrogen-bond acceptors (Lipinski definition) is 2. The summed E-state index contributed by atoms with van der Waals surface area (Å²) in [5, 5.41) is 4.08. The van der Waals surface area contributed by atoms with E-state index >= 15 is 0 Å². The summed E-state index contributed by atoms with van der Waals surface area (Å²) in [5.41, 5.74) is 0.866. The van der Waals surface area contributed by atoms with Gasteiger partial charge in [0.1, 0.15) is 6.04 Å². The van der Waals surface area contributed by atoms with Gasteiger partial charge in [-0.2, -0.15) is 0 Å². The van der Waals surface area contributed by atoms with Crippen molar-refractivity contribution in [3.63, 3.8) is 0 Å². The lowest BCUT2D eigenvalue weighted by Crippen LogP contribution is -2.51. The van der Waals surface area contributed by atoms with Gasteiger partial charge < -0.3 is 10.2 Å². The molecule has 1 saturated carbocycles. The predicted octanol–water partition coefficient (Wildman–Crippen LogP) is 4.96. The van der Waals surface area contributed by atoms with Crippen molar-refractivity contribution in [2.75, 3.05) is 0 Å². The minimum absolute atomic E-state index is 0.0401. The minimum Gasteiger partial charge on any atom is -0.352 e. The van der Waals surface area contributed by atoms with E-state index in [0.29, 0.717) is 29.4 Å². The topological polar surface area (TPSA) is 49.4 Å². The van der Waals surface area contributed by atoms with E-state index in [0.717, 1.165) is 31.2 Å². The maximum Gasteiger partial charge on any atom is 0.243 e. The van der Waals surface area contributed by atoms with Crippen LogP contribution in [0.3, 0.4) is 0 Å². The van der Waals surface area contributed by atoms with Crippen molar-refractivity contribution < 1.29 is 9.59 Å². The third kappa shape index (κ3) is 5.62. The van der Waals surface area contributed by atoms with E-state index in [1.54, 1.807) is 17.0 Å². The molecule has 0 spiro atoms. The first-order valence-electron chi connectivity index (χ1n) is 9.50. The van der Waals surface area contributed by atoms with Gasteiger partial charge in [0, 0.05) is 19.0 Å². The minimum atomic E-state index is -0.473. The van der Waals surface area contributed by atoms with E-state index in [9.17, 15) is 9.59 Å². The van der Waals surface area contributed by atoms with Gasteiger partial charge in [-0.1, -0.05) is 62.4 Å². The first-order valence-corrected chi connectivity index (χ1v) is 10.3. The Labute approximate surface area is 166 Å². The van der Waals surface area contributed by atoms with E-state index in [1.165, 1.54) is 6.42 Å². The van der Waals surface area contributed by atoms with Crippen LogP contribution >= 0.6 is 23.2 Å². The van der Waals surface area contributed by atoms with Crippen LogP contribution in [0.15, 0.2) is 18.2 Å². The number of hydrogen-bond donors (Lipinski definition) is 1. The Bertz CT molecular complexity index is 630. The first-order chi connectivity index (χ1) is 12.5. The Morgan fingerprint density at radius 1 is 1.15 bits per heavy atom. The predicted molar refractivity (Wildman–Crippen MR) is 106 cm³/mol. The fraction of sp³-hybridized carbons (Fsp3) is 0.600. The van der Waals surface area contributed by atoms with Gasteiger partial charge in [-0.05, 0) is 37.0 Å². The van der Waals surface area contributed by atoms with Crippen molar-refractivity contribution >= 4 is 35.0 Å². The summed E-state index contributed by atoms with van der Waals surface area (Å²) in [6, 6.07) is 5.07. The third-order valence-electron chi connectivity index (χ3n) is 4.98. The van der Waals surface area contributed by atoms with Gasteiger partial charge in [0.2, 0.25) is 11.8 Å². The molecule has 1 fully saturated rings. The molecule has 1 N–H and O–H groups in total. The highest BCUT2D eigenvalue weighted by atomic mass is 35.5. The number of benzene rings is 1. The normalized spacial score (nSPS) is 16.2. The van der Waals surface area contributed by atoms with Crippen LogP contribution < -0.4 is 5.32 Å². The second-order valence-corrected chi connectivity index (χ2v) is 7.71. The molecule has 2 rings (SSSR count). The van der Waals surface area contributed by atoms with Gasteiger partial charge in [0.15, 0.2) is 0 Å². The summed E-state index contributed by atoms with van der Waals surface area (Å²) in [4.78, 5) is 27.1. The third-order valence-corrected chi connectivity index (χ3v) is 5.72. The smallest absolute Gasteiger partial charge is 0.243 e. The fourth-order valence-electron chi connectivity index (χ4n) is 3.50. The zero-order valence-corrected chi connectivity index (χ0v) is 17.1. The summed E-state index contributed by atoms with van der Waals surface area (Å²) < 4.78 is 0. The molecule has 6 heteroatoms. The lowest BCUT2D eigenvalue weighted by Gasteiger charge is -2.32. The SMILES string of the molecule is CCC(=O)N(Cc1ccc(Cl)c(Cl)c1)[C@@H](CC)C(=O)NC1CCCCC1. The Morgan fingerprint density at radius 2 is 1.85 bits per heavy atom. The van der Waals surface area contributed by atoms with E-state index in [4.69, 9.17) is 23.2 Å². The molecule has 0 heterocycles. The molecular formula is C20H28Cl2N2O2. The Hall–Kier alpha value is -1.26. The lowest BCUT2D eigenvalue weighted by molar-refractivity contribution is -0.141. The summed E-state index contributed by atoms with van der Waals surface area (Å²) in [6.07, 6.45) is 6.53. The Morgan fingerprint density at radius 3 is 2.42 bits per heavy atom. The monoisotopic (exact) mass is 398 g/mol. The standard InChI is InChI=1S/C20H28Cl2N2O2/c1-3-18(20(26)23-15-8-6-5-7-9-15)24(19(25)4-2)13-14-10-11-16(21)17(22)12-14/h10-12,15,18H,3-9,13H2,1-2H3,(H,23,26)/t18-/m0/s1. The number of nitrogens with one attached hydrogen (secondary N) is 1. The number of rotatable bonds is 7. The Kier molecular flexibility index (Phi) is 8.23. The molecule has 1 aromatic rings. The highest BCUT2D eigenvalue weighted by Crippen LogP contribution is 2.24. The van der Waals surface area contributed by atoms with Crippen LogP contribution in [-0.4, -0.2) is 28.8 Å². The molecule has 1 aliphatic rings. The number of amides is 2. The highest BCUT2D eigenvalue weighted by Gasteiger charge is 2.29. The van der Waals surface area contributed by atoms with E-state index in [2.05, 4.69) is 5.32 Å². The highest BCUT2D eigenvalue weighted by molar-refractivity contribution is 6.42. The largest absolute Gasteiger partial charge is 0.352 e. The molecule has 1 aromatic carbocycles. The molecule has 4 nitrogen and oxygen atoms in total. The van der Waals surface area contributed by atoms with Crippen LogP contribution in [-0.2, 0) is 16.1 Å². The van der Waals surface area contributed by atoms with Crippen molar-refractivity contribution in [3.8, 4) is 0 Å². The average Bonchev–Trinajstić information content (AvgIpc) is 2.64. The zero-order valence-electron chi connectivity index (χ0n) is 15.6. The number of carbonyl (C=O) groups is 2. The van der Waals surface area contributed by atoms with Crippen molar-refractivity contribution in [2.45, 2.75) is 77.4 Å². The molecule has 0 aliphatic heterocycles. The molecule has 1 aliphatic carbocycles. The van der Waals surface area contributed by atoms with Gasteiger partial charge in [-0.25, -0.2) is 0 Å². The molecule has 0 bridgehead atoms. The van der Waals surface area contributed by atoms with Crippen molar-refractivity contribution in [3.05, 3.63) is 33.8 Å². The van der Waals surface area contributed by atoms with Crippen LogP contribution in [0.2, 0.25) is 10.0 Å². The molecule has 0 aromatic heterocycles. The average molecular weight is 399 g/mol.